The number of rotatable bonds is 5. The third-order valence-corrected chi connectivity index (χ3v) is 2.55. The zero-order valence-electron chi connectivity index (χ0n) is 9.60. The standard InChI is InChI=1S/C12H19NO2/c1-9-6-11(8-13-7-9)12(14)10(2)4-5-15-3/h6-8,10,12,14H,4-5H2,1-3H3. The lowest BCUT2D eigenvalue weighted by Crippen LogP contribution is -2.11. The highest BCUT2D eigenvalue weighted by atomic mass is 16.5. The van der Waals surface area contributed by atoms with Crippen molar-refractivity contribution in [2.45, 2.75) is 26.4 Å². The predicted molar refractivity (Wildman–Crippen MR) is 59.6 cm³/mol. The highest BCUT2D eigenvalue weighted by Crippen LogP contribution is 2.24. The maximum Gasteiger partial charge on any atom is 0.0831 e. The van der Waals surface area contributed by atoms with Gasteiger partial charge < -0.3 is 9.84 Å². The largest absolute Gasteiger partial charge is 0.388 e. The second-order valence-electron chi connectivity index (χ2n) is 4.00. The fraction of sp³-hybridized carbons (Fsp3) is 0.583. The number of ether oxygens (including phenoxy) is 1. The molecule has 2 unspecified atom stereocenters. The molecule has 1 heterocycles. The minimum atomic E-state index is -0.451. The summed E-state index contributed by atoms with van der Waals surface area (Å²) in [5, 5.41) is 10.0. The molecule has 2 atom stereocenters. The Bertz CT molecular complexity index is 301. The minimum absolute atomic E-state index is 0.188. The Morgan fingerprint density at radius 1 is 1.47 bits per heavy atom. The van der Waals surface area contributed by atoms with Gasteiger partial charge in [-0.05, 0) is 30.4 Å². The van der Waals surface area contributed by atoms with Gasteiger partial charge in [-0.3, -0.25) is 4.98 Å². The van der Waals surface area contributed by atoms with Gasteiger partial charge in [0.15, 0.2) is 0 Å². The summed E-state index contributed by atoms with van der Waals surface area (Å²) in [7, 11) is 1.67. The summed E-state index contributed by atoms with van der Waals surface area (Å²) < 4.78 is 5.00. The summed E-state index contributed by atoms with van der Waals surface area (Å²) in [4.78, 5) is 4.08. The summed E-state index contributed by atoms with van der Waals surface area (Å²) >= 11 is 0. The Hall–Kier alpha value is -0.930. The Morgan fingerprint density at radius 2 is 2.20 bits per heavy atom. The molecule has 0 radical (unpaired) electrons. The van der Waals surface area contributed by atoms with Gasteiger partial charge in [-0.1, -0.05) is 13.0 Å². The van der Waals surface area contributed by atoms with Crippen molar-refractivity contribution in [2.75, 3.05) is 13.7 Å². The predicted octanol–water partition coefficient (Wildman–Crippen LogP) is 2.10. The van der Waals surface area contributed by atoms with E-state index >= 15 is 0 Å². The number of pyridine rings is 1. The van der Waals surface area contributed by atoms with Crippen molar-refractivity contribution in [3.05, 3.63) is 29.6 Å². The average molecular weight is 209 g/mol. The van der Waals surface area contributed by atoms with Gasteiger partial charge in [0, 0.05) is 26.1 Å². The maximum absolute atomic E-state index is 10.0. The van der Waals surface area contributed by atoms with Crippen LogP contribution in [-0.2, 0) is 4.74 Å². The van der Waals surface area contributed by atoms with E-state index in [-0.39, 0.29) is 5.92 Å². The van der Waals surface area contributed by atoms with Crippen LogP contribution in [0.3, 0.4) is 0 Å². The molecule has 0 fully saturated rings. The molecule has 1 N–H and O–H groups in total. The fourth-order valence-corrected chi connectivity index (χ4v) is 1.53. The van der Waals surface area contributed by atoms with Crippen molar-refractivity contribution in [1.29, 1.82) is 0 Å². The van der Waals surface area contributed by atoms with Gasteiger partial charge in [-0.25, -0.2) is 0 Å². The van der Waals surface area contributed by atoms with E-state index in [1.54, 1.807) is 19.5 Å². The molecule has 0 aromatic carbocycles. The average Bonchev–Trinajstić information content (AvgIpc) is 2.24. The Morgan fingerprint density at radius 3 is 2.80 bits per heavy atom. The Balaban J connectivity index is 2.62. The van der Waals surface area contributed by atoms with Gasteiger partial charge in [0.2, 0.25) is 0 Å². The second-order valence-corrected chi connectivity index (χ2v) is 4.00. The highest BCUT2D eigenvalue weighted by molar-refractivity contribution is 5.19. The smallest absolute Gasteiger partial charge is 0.0831 e. The molecule has 0 aliphatic heterocycles. The van der Waals surface area contributed by atoms with E-state index in [1.807, 2.05) is 19.9 Å². The second kappa shape index (κ2) is 5.83. The van der Waals surface area contributed by atoms with E-state index in [1.165, 1.54) is 0 Å². The van der Waals surface area contributed by atoms with Gasteiger partial charge in [0.25, 0.3) is 0 Å². The molecule has 84 valence electrons. The molecule has 1 rings (SSSR count). The molecular weight excluding hydrogens is 190 g/mol. The van der Waals surface area contributed by atoms with Crippen LogP contribution in [0.2, 0.25) is 0 Å². The SMILES string of the molecule is COCCC(C)C(O)c1cncc(C)c1. The molecule has 0 aliphatic carbocycles. The van der Waals surface area contributed by atoms with Gasteiger partial charge >= 0.3 is 0 Å². The third kappa shape index (κ3) is 3.61. The first-order valence-corrected chi connectivity index (χ1v) is 5.23. The Labute approximate surface area is 91.1 Å². The molecule has 0 saturated carbocycles. The number of hydrogen-bond acceptors (Lipinski definition) is 3. The fourth-order valence-electron chi connectivity index (χ4n) is 1.53. The summed E-state index contributed by atoms with van der Waals surface area (Å²) in [5.74, 6) is 0.188. The van der Waals surface area contributed by atoms with Gasteiger partial charge in [-0.15, -0.1) is 0 Å². The minimum Gasteiger partial charge on any atom is -0.388 e. The number of methoxy groups -OCH3 is 1. The van der Waals surface area contributed by atoms with Crippen LogP contribution in [0.1, 0.15) is 30.6 Å². The molecular formula is C12H19NO2. The molecule has 1 aromatic rings. The van der Waals surface area contributed by atoms with E-state index in [9.17, 15) is 5.11 Å². The van der Waals surface area contributed by atoms with Crippen molar-refractivity contribution in [3.63, 3.8) is 0 Å². The zero-order chi connectivity index (χ0) is 11.3. The van der Waals surface area contributed by atoms with Crippen molar-refractivity contribution in [1.82, 2.24) is 4.98 Å². The number of aromatic nitrogens is 1. The molecule has 0 aliphatic rings. The molecule has 3 heteroatoms. The Kier molecular flexibility index (Phi) is 4.72. The number of aliphatic hydroxyl groups is 1. The molecule has 3 nitrogen and oxygen atoms in total. The summed E-state index contributed by atoms with van der Waals surface area (Å²) in [5.41, 5.74) is 1.96. The highest BCUT2D eigenvalue weighted by Gasteiger charge is 2.16. The lowest BCUT2D eigenvalue weighted by Gasteiger charge is -2.18. The zero-order valence-corrected chi connectivity index (χ0v) is 9.60. The van der Waals surface area contributed by atoms with E-state index < -0.39 is 6.10 Å². The van der Waals surface area contributed by atoms with Crippen molar-refractivity contribution < 1.29 is 9.84 Å². The number of nitrogens with zero attached hydrogens (tertiary/aromatic N) is 1. The summed E-state index contributed by atoms with van der Waals surface area (Å²) in [6.07, 6.45) is 3.91. The van der Waals surface area contributed by atoms with Crippen molar-refractivity contribution in [3.8, 4) is 0 Å². The van der Waals surface area contributed by atoms with E-state index in [0.717, 1.165) is 17.5 Å². The van der Waals surface area contributed by atoms with Gasteiger partial charge in [0.05, 0.1) is 6.10 Å². The van der Waals surface area contributed by atoms with Gasteiger partial charge in [0.1, 0.15) is 0 Å². The third-order valence-electron chi connectivity index (χ3n) is 2.55. The van der Waals surface area contributed by atoms with E-state index in [4.69, 9.17) is 4.74 Å². The van der Waals surface area contributed by atoms with Crippen molar-refractivity contribution in [2.24, 2.45) is 5.92 Å². The van der Waals surface area contributed by atoms with Crippen LogP contribution in [0.4, 0.5) is 0 Å². The van der Waals surface area contributed by atoms with Crippen LogP contribution >= 0.6 is 0 Å². The molecule has 0 bridgehead atoms. The molecule has 0 spiro atoms. The van der Waals surface area contributed by atoms with Crippen molar-refractivity contribution >= 4 is 0 Å². The van der Waals surface area contributed by atoms with E-state index in [0.29, 0.717) is 6.61 Å². The number of hydrogen-bond donors (Lipinski definition) is 1. The quantitative estimate of drug-likeness (QED) is 0.807. The topological polar surface area (TPSA) is 42.4 Å². The molecule has 0 amide bonds. The first-order chi connectivity index (χ1) is 7.15. The van der Waals surface area contributed by atoms with Crippen LogP contribution in [0.5, 0.6) is 0 Å². The lowest BCUT2D eigenvalue weighted by atomic mass is 9.95. The summed E-state index contributed by atoms with van der Waals surface area (Å²) in [6.45, 7) is 4.67. The molecule has 15 heavy (non-hydrogen) atoms. The van der Waals surface area contributed by atoms with Gasteiger partial charge in [-0.2, -0.15) is 0 Å². The van der Waals surface area contributed by atoms with Crippen LogP contribution in [0.25, 0.3) is 0 Å². The maximum atomic E-state index is 10.0. The van der Waals surface area contributed by atoms with Crippen LogP contribution < -0.4 is 0 Å². The van der Waals surface area contributed by atoms with E-state index in [2.05, 4.69) is 4.98 Å². The van der Waals surface area contributed by atoms with Crippen LogP contribution in [0, 0.1) is 12.8 Å². The molecule has 0 saturated heterocycles. The monoisotopic (exact) mass is 209 g/mol. The molecule has 1 aromatic heterocycles. The van der Waals surface area contributed by atoms with Crippen LogP contribution in [-0.4, -0.2) is 23.8 Å². The first-order valence-electron chi connectivity index (χ1n) is 5.23. The van der Waals surface area contributed by atoms with Crippen LogP contribution in [0.15, 0.2) is 18.5 Å². The lowest BCUT2D eigenvalue weighted by molar-refractivity contribution is 0.0883. The summed E-state index contributed by atoms with van der Waals surface area (Å²) in [6, 6.07) is 1.97. The number of aliphatic hydroxyl groups excluding tert-OH is 1. The first kappa shape index (κ1) is 12.1. The number of aryl methyl sites for hydroxylation is 1. The normalized spacial score (nSPS) is 14.9.